The van der Waals surface area contributed by atoms with Gasteiger partial charge in [-0.2, -0.15) is 0 Å². The molecule has 0 bridgehead atoms. The summed E-state index contributed by atoms with van der Waals surface area (Å²) < 4.78 is 5.16. The Labute approximate surface area is 87.1 Å². The Kier molecular flexibility index (Phi) is 2.64. The summed E-state index contributed by atoms with van der Waals surface area (Å²) >= 11 is 0. The minimum absolute atomic E-state index is 0.251. The average molecular weight is 208 g/mol. The van der Waals surface area contributed by atoms with Crippen molar-refractivity contribution in [3.05, 3.63) is 24.3 Å². The lowest BCUT2D eigenvalue weighted by molar-refractivity contribution is -0.149. The van der Waals surface area contributed by atoms with Crippen LogP contribution in [0.4, 0.5) is 0 Å². The molecule has 0 saturated carbocycles. The van der Waals surface area contributed by atoms with Crippen LogP contribution in [0.15, 0.2) is 18.5 Å². The second-order valence-electron chi connectivity index (χ2n) is 3.73. The van der Waals surface area contributed by atoms with Gasteiger partial charge < -0.3 is 9.84 Å². The summed E-state index contributed by atoms with van der Waals surface area (Å²) in [5, 5.41) is 9.19. The van der Waals surface area contributed by atoms with E-state index < -0.39 is 11.4 Å². The van der Waals surface area contributed by atoms with Gasteiger partial charge in [-0.3, -0.25) is 4.79 Å². The van der Waals surface area contributed by atoms with Crippen molar-refractivity contribution in [2.75, 3.05) is 13.2 Å². The molecule has 1 aromatic rings. The first-order valence-electron chi connectivity index (χ1n) is 4.80. The molecule has 1 fully saturated rings. The summed E-state index contributed by atoms with van der Waals surface area (Å²) in [6, 6.07) is 1.71. The largest absolute Gasteiger partial charge is 0.481 e. The van der Waals surface area contributed by atoms with E-state index >= 15 is 0 Å². The van der Waals surface area contributed by atoms with Gasteiger partial charge in [0.2, 0.25) is 0 Å². The number of nitrogens with zero attached hydrogens (tertiary/aromatic N) is 2. The molecule has 1 N–H and O–H groups in total. The smallest absolute Gasteiger partial charge is 0.312 e. The molecular formula is C10H12N2O3. The van der Waals surface area contributed by atoms with Gasteiger partial charge in [-0.15, -0.1) is 0 Å². The number of rotatable bonds is 3. The fourth-order valence-electron chi connectivity index (χ4n) is 1.71. The SMILES string of the molecule is O=C(O)C1(Cc2ncccn2)CCOC1. The van der Waals surface area contributed by atoms with Gasteiger partial charge in [0, 0.05) is 25.4 Å². The molecule has 1 aliphatic heterocycles. The average Bonchev–Trinajstić information content (AvgIpc) is 2.69. The van der Waals surface area contributed by atoms with Crippen LogP contribution in [0.5, 0.6) is 0 Å². The maximum atomic E-state index is 11.2. The standard InChI is InChI=1S/C10H12N2O3/c13-9(14)10(2-5-15-7-10)6-8-11-3-1-4-12-8/h1,3-4H,2,5-7H2,(H,13,14). The molecule has 5 nitrogen and oxygen atoms in total. The predicted octanol–water partition coefficient (Wildman–Crippen LogP) is 0.510. The highest BCUT2D eigenvalue weighted by atomic mass is 16.5. The van der Waals surface area contributed by atoms with E-state index in [9.17, 15) is 9.90 Å². The fraction of sp³-hybridized carbons (Fsp3) is 0.500. The van der Waals surface area contributed by atoms with E-state index in [2.05, 4.69) is 9.97 Å². The van der Waals surface area contributed by atoms with Crippen molar-refractivity contribution in [3.63, 3.8) is 0 Å². The molecule has 0 aliphatic carbocycles. The molecule has 1 aromatic heterocycles. The third-order valence-corrected chi connectivity index (χ3v) is 2.67. The van der Waals surface area contributed by atoms with Crippen LogP contribution in [0.25, 0.3) is 0 Å². The van der Waals surface area contributed by atoms with Crippen molar-refractivity contribution in [1.29, 1.82) is 0 Å². The Morgan fingerprint density at radius 2 is 2.27 bits per heavy atom. The minimum Gasteiger partial charge on any atom is -0.481 e. The Bertz CT molecular complexity index is 347. The van der Waals surface area contributed by atoms with Crippen LogP contribution in [0, 0.1) is 5.41 Å². The number of carboxylic acids is 1. The molecule has 5 heteroatoms. The van der Waals surface area contributed by atoms with Crippen molar-refractivity contribution in [2.45, 2.75) is 12.8 Å². The summed E-state index contributed by atoms with van der Waals surface area (Å²) in [5.74, 6) is -0.266. The molecule has 0 radical (unpaired) electrons. The van der Waals surface area contributed by atoms with Crippen molar-refractivity contribution in [1.82, 2.24) is 9.97 Å². The van der Waals surface area contributed by atoms with Crippen molar-refractivity contribution in [2.24, 2.45) is 5.41 Å². The van der Waals surface area contributed by atoms with E-state index in [1.165, 1.54) is 0 Å². The van der Waals surface area contributed by atoms with Crippen LogP contribution in [-0.4, -0.2) is 34.3 Å². The first-order chi connectivity index (χ1) is 7.23. The Morgan fingerprint density at radius 1 is 1.53 bits per heavy atom. The molecule has 2 rings (SSSR count). The van der Waals surface area contributed by atoms with Crippen LogP contribution in [0.1, 0.15) is 12.2 Å². The summed E-state index contributed by atoms with van der Waals surface area (Å²) in [6.45, 7) is 0.750. The summed E-state index contributed by atoms with van der Waals surface area (Å²) in [6.07, 6.45) is 4.10. The van der Waals surface area contributed by atoms with Gasteiger partial charge >= 0.3 is 5.97 Å². The van der Waals surface area contributed by atoms with Gasteiger partial charge in [0.1, 0.15) is 11.2 Å². The van der Waals surface area contributed by atoms with E-state index in [0.29, 0.717) is 25.3 Å². The molecule has 1 unspecified atom stereocenters. The summed E-state index contributed by atoms with van der Waals surface area (Å²) in [4.78, 5) is 19.3. The zero-order valence-corrected chi connectivity index (χ0v) is 8.22. The molecule has 80 valence electrons. The molecule has 1 atom stereocenters. The van der Waals surface area contributed by atoms with Crippen molar-refractivity contribution in [3.8, 4) is 0 Å². The molecular weight excluding hydrogens is 196 g/mol. The summed E-state index contributed by atoms with van der Waals surface area (Å²) in [5.41, 5.74) is -0.832. The number of carboxylic acid groups (broad SMARTS) is 1. The highest BCUT2D eigenvalue weighted by Crippen LogP contribution is 2.31. The van der Waals surface area contributed by atoms with Crippen LogP contribution >= 0.6 is 0 Å². The lowest BCUT2D eigenvalue weighted by Gasteiger charge is -2.20. The maximum absolute atomic E-state index is 11.2. The number of carbonyl (C=O) groups is 1. The zero-order chi connectivity index (χ0) is 10.7. The number of aromatic nitrogens is 2. The molecule has 1 saturated heterocycles. The van der Waals surface area contributed by atoms with Gasteiger partial charge in [0.05, 0.1) is 6.61 Å². The minimum atomic E-state index is -0.832. The second-order valence-corrected chi connectivity index (χ2v) is 3.73. The summed E-state index contributed by atoms with van der Waals surface area (Å²) in [7, 11) is 0. The van der Waals surface area contributed by atoms with Crippen LogP contribution < -0.4 is 0 Å². The topological polar surface area (TPSA) is 72.3 Å². The van der Waals surface area contributed by atoms with Crippen LogP contribution in [-0.2, 0) is 16.0 Å². The highest BCUT2D eigenvalue weighted by Gasteiger charge is 2.43. The number of ether oxygens (including phenoxy) is 1. The van der Waals surface area contributed by atoms with Gasteiger partial charge in [0.25, 0.3) is 0 Å². The monoisotopic (exact) mass is 208 g/mol. The van der Waals surface area contributed by atoms with E-state index in [-0.39, 0.29) is 6.61 Å². The molecule has 1 aliphatic rings. The third kappa shape index (κ3) is 1.97. The molecule has 0 aromatic carbocycles. The van der Waals surface area contributed by atoms with E-state index in [0.717, 1.165) is 0 Å². The number of aliphatic carboxylic acids is 1. The third-order valence-electron chi connectivity index (χ3n) is 2.67. The highest BCUT2D eigenvalue weighted by molar-refractivity contribution is 5.75. The predicted molar refractivity (Wildman–Crippen MR) is 51.2 cm³/mol. The normalized spacial score (nSPS) is 25.3. The molecule has 15 heavy (non-hydrogen) atoms. The molecule has 0 spiro atoms. The van der Waals surface area contributed by atoms with Gasteiger partial charge in [0.15, 0.2) is 0 Å². The maximum Gasteiger partial charge on any atom is 0.312 e. The first kappa shape index (κ1) is 10.0. The van der Waals surface area contributed by atoms with E-state index in [1.54, 1.807) is 18.5 Å². The number of hydrogen-bond acceptors (Lipinski definition) is 4. The quantitative estimate of drug-likeness (QED) is 0.783. The Hall–Kier alpha value is -1.49. The molecule has 2 heterocycles. The van der Waals surface area contributed by atoms with E-state index in [1.807, 2.05) is 0 Å². The molecule has 0 amide bonds. The Balaban J connectivity index is 2.18. The number of hydrogen-bond donors (Lipinski definition) is 1. The first-order valence-corrected chi connectivity index (χ1v) is 4.80. The van der Waals surface area contributed by atoms with Gasteiger partial charge in [-0.05, 0) is 12.5 Å². The van der Waals surface area contributed by atoms with E-state index in [4.69, 9.17) is 4.74 Å². The lowest BCUT2D eigenvalue weighted by atomic mass is 9.83. The van der Waals surface area contributed by atoms with Crippen molar-refractivity contribution < 1.29 is 14.6 Å². The van der Waals surface area contributed by atoms with Crippen LogP contribution in [0.3, 0.4) is 0 Å². The lowest BCUT2D eigenvalue weighted by Crippen LogP contribution is -2.34. The van der Waals surface area contributed by atoms with Crippen LogP contribution in [0.2, 0.25) is 0 Å². The fourth-order valence-corrected chi connectivity index (χ4v) is 1.71. The van der Waals surface area contributed by atoms with Crippen molar-refractivity contribution >= 4 is 5.97 Å². The van der Waals surface area contributed by atoms with Gasteiger partial charge in [-0.1, -0.05) is 0 Å². The second kappa shape index (κ2) is 3.94. The Morgan fingerprint density at radius 3 is 2.80 bits per heavy atom. The zero-order valence-electron chi connectivity index (χ0n) is 8.22. The van der Waals surface area contributed by atoms with Gasteiger partial charge in [-0.25, -0.2) is 9.97 Å².